The number of hydrogen-bond acceptors (Lipinski definition) is 4. The molecule has 0 N–H and O–H groups in total. The van der Waals surface area contributed by atoms with Gasteiger partial charge < -0.3 is 9.47 Å². The van der Waals surface area contributed by atoms with Crippen LogP contribution in [0.2, 0.25) is 0 Å². The molecule has 0 unspecified atom stereocenters. The molecule has 2 aromatic rings. The van der Waals surface area contributed by atoms with Gasteiger partial charge in [-0.1, -0.05) is 95.6 Å². The van der Waals surface area contributed by atoms with E-state index in [0.717, 1.165) is 0 Å². The highest BCUT2D eigenvalue weighted by Crippen LogP contribution is 2.43. The molecule has 0 bridgehead atoms. The molecule has 13 heteroatoms. The fourth-order valence-electron chi connectivity index (χ4n) is 2.37. The number of rotatable bonds is 10. The summed E-state index contributed by atoms with van der Waals surface area (Å²) in [7, 11) is -4.01. The minimum atomic E-state index is -4.01. The number of sulfone groups is 1. The summed E-state index contributed by atoms with van der Waals surface area (Å²) in [5, 5.41) is 0. The van der Waals surface area contributed by atoms with Crippen molar-refractivity contribution in [3.05, 3.63) is 42.2 Å². The molecule has 31 heavy (non-hydrogen) atoms. The van der Waals surface area contributed by atoms with Crippen LogP contribution in [0.1, 0.15) is 12.8 Å². The highest BCUT2D eigenvalue weighted by Gasteiger charge is 2.30. The van der Waals surface area contributed by atoms with E-state index < -0.39 is 9.84 Å². The van der Waals surface area contributed by atoms with Crippen LogP contribution in [0.15, 0.2) is 51.9 Å². The average molecular weight is 966 g/mol. The molecule has 0 saturated carbocycles. The Kier molecular flexibility index (Phi) is 12.4. The Morgan fingerprint density at radius 3 is 1.35 bits per heavy atom. The number of hydrogen-bond donors (Lipinski definition) is 0. The second-order valence-electron chi connectivity index (χ2n) is 5.99. The third-order valence-corrected chi connectivity index (χ3v) is 9.38. The van der Waals surface area contributed by atoms with E-state index in [0.29, 0.717) is 43.9 Å². The molecule has 0 fully saturated rings. The number of halogens is 8. The predicted octanol–water partition coefficient (Wildman–Crippen LogP) is 9.34. The van der Waals surface area contributed by atoms with E-state index in [1.54, 1.807) is 12.1 Å². The van der Waals surface area contributed by atoms with Gasteiger partial charge in [-0.2, -0.15) is 0 Å². The lowest BCUT2D eigenvalue weighted by molar-refractivity contribution is 0.304. The van der Waals surface area contributed by atoms with Crippen molar-refractivity contribution < 1.29 is 17.9 Å². The second-order valence-corrected chi connectivity index (χ2v) is 18.3. The summed E-state index contributed by atoms with van der Waals surface area (Å²) in [6.45, 7) is 0.626. The summed E-state index contributed by atoms with van der Waals surface area (Å²) >= 11 is 27.2. The Balaban J connectivity index is 2.59. The van der Waals surface area contributed by atoms with E-state index in [2.05, 4.69) is 127 Å². The van der Waals surface area contributed by atoms with E-state index in [-0.39, 0.29) is 28.8 Å². The van der Waals surface area contributed by atoms with Crippen molar-refractivity contribution in [3.63, 3.8) is 0 Å². The van der Waals surface area contributed by atoms with Crippen molar-refractivity contribution in [1.82, 2.24) is 0 Å². The summed E-state index contributed by atoms with van der Waals surface area (Å²) in [4.78, 5) is 0.0614. The molecule has 0 aromatic heterocycles. The van der Waals surface area contributed by atoms with E-state index in [4.69, 9.17) is 9.47 Å². The van der Waals surface area contributed by atoms with Crippen LogP contribution in [-0.4, -0.2) is 29.1 Å². The third kappa shape index (κ3) is 8.47. The van der Waals surface area contributed by atoms with Crippen molar-refractivity contribution in [2.75, 3.05) is 13.2 Å². The van der Waals surface area contributed by atoms with Gasteiger partial charge in [-0.3, -0.25) is 0 Å². The van der Waals surface area contributed by atoms with Crippen molar-refractivity contribution in [2.45, 2.75) is 30.1 Å². The van der Waals surface area contributed by atoms with Gasteiger partial charge in [-0.25, -0.2) is 8.42 Å². The smallest absolute Gasteiger partial charge is 0.214 e. The number of ether oxygens (including phenoxy) is 2. The predicted molar refractivity (Wildman–Crippen MR) is 153 cm³/mol. The van der Waals surface area contributed by atoms with Crippen molar-refractivity contribution >= 4 is 137 Å². The molecule has 0 heterocycles. The molecule has 172 valence electrons. The van der Waals surface area contributed by atoms with Crippen LogP contribution >= 0.6 is 127 Å². The quantitative estimate of drug-likeness (QED) is 0.223. The van der Waals surface area contributed by atoms with Crippen LogP contribution < -0.4 is 9.47 Å². The SMILES string of the molecule is O=S(=O)(c1cc(Br)cc(Br)c1OCCC(Br)Br)c1cc(Br)cc(Br)c1OCCC(Br)Br. The molecular formula is C18H14Br8O4S. The van der Waals surface area contributed by atoms with Gasteiger partial charge in [0.1, 0.15) is 9.79 Å². The summed E-state index contributed by atoms with van der Waals surface area (Å²) < 4.78 is 41.7. The third-order valence-electron chi connectivity index (χ3n) is 3.69. The Morgan fingerprint density at radius 2 is 1.03 bits per heavy atom. The average Bonchev–Trinajstić information content (AvgIpc) is 2.63. The molecule has 0 atom stereocenters. The molecule has 0 radical (unpaired) electrons. The van der Waals surface area contributed by atoms with Gasteiger partial charge in [0.2, 0.25) is 9.84 Å². The van der Waals surface area contributed by atoms with Crippen LogP contribution in [0.4, 0.5) is 0 Å². The van der Waals surface area contributed by atoms with Gasteiger partial charge in [0.15, 0.2) is 11.5 Å². The molecular weight excluding hydrogens is 951 g/mol. The van der Waals surface area contributed by atoms with Crippen LogP contribution in [0.5, 0.6) is 11.5 Å². The zero-order chi connectivity index (χ0) is 23.3. The second kappa shape index (κ2) is 13.2. The molecule has 0 spiro atoms. The summed E-state index contributed by atoms with van der Waals surface area (Å²) in [5.74, 6) is 0.485. The largest absolute Gasteiger partial charge is 0.491 e. The van der Waals surface area contributed by atoms with Gasteiger partial charge in [0, 0.05) is 21.8 Å². The normalized spacial score (nSPS) is 11.9. The standard InChI is InChI=1S/C18H14Br8O4S/c19-9-5-11(21)17(29-3-1-15(23)24)13(7-9)31(27,28)14-8-10(20)6-12(22)18(14)30-4-2-16(25)26/h5-8,15-16H,1-4H2. The maximum absolute atomic E-state index is 13.8. The van der Waals surface area contributed by atoms with Gasteiger partial charge in [0.25, 0.3) is 0 Å². The number of alkyl halides is 4. The molecule has 2 rings (SSSR count). The lowest BCUT2D eigenvalue weighted by Crippen LogP contribution is -2.11. The number of benzene rings is 2. The van der Waals surface area contributed by atoms with Crippen LogP contribution in [0, 0.1) is 0 Å². The molecule has 0 saturated heterocycles. The fraction of sp³-hybridized carbons (Fsp3) is 0.333. The van der Waals surface area contributed by atoms with E-state index in [9.17, 15) is 8.42 Å². The first-order valence-corrected chi connectivity index (χ1v) is 16.8. The minimum Gasteiger partial charge on any atom is -0.491 e. The molecule has 0 amide bonds. The summed E-state index contributed by atoms with van der Waals surface area (Å²) in [5.41, 5.74) is 0. The topological polar surface area (TPSA) is 52.6 Å². The first-order valence-electron chi connectivity index (χ1n) is 8.48. The summed E-state index contributed by atoms with van der Waals surface area (Å²) in [6.07, 6.45) is 1.28. The zero-order valence-corrected chi connectivity index (χ0v) is 28.9. The van der Waals surface area contributed by atoms with Crippen molar-refractivity contribution in [3.8, 4) is 11.5 Å². The monoisotopic (exact) mass is 957 g/mol. The van der Waals surface area contributed by atoms with Gasteiger partial charge >= 0.3 is 0 Å². The van der Waals surface area contributed by atoms with E-state index >= 15 is 0 Å². The van der Waals surface area contributed by atoms with Gasteiger partial charge in [-0.05, 0) is 56.1 Å². The van der Waals surface area contributed by atoms with Crippen molar-refractivity contribution in [1.29, 1.82) is 0 Å². The van der Waals surface area contributed by atoms with Crippen molar-refractivity contribution in [2.24, 2.45) is 0 Å². The van der Waals surface area contributed by atoms with Gasteiger partial charge in [0.05, 0.1) is 29.6 Å². The maximum Gasteiger partial charge on any atom is 0.214 e. The van der Waals surface area contributed by atoms with E-state index in [1.807, 2.05) is 0 Å². The Hall–Kier alpha value is 1.83. The van der Waals surface area contributed by atoms with Gasteiger partial charge in [-0.15, -0.1) is 0 Å². The minimum absolute atomic E-state index is 0.0307. The Bertz CT molecular complexity index is 952. The molecule has 2 aromatic carbocycles. The first-order chi connectivity index (χ1) is 14.4. The Morgan fingerprint density at radius 1 is 0.677 bits per heavy atom. The lowest BCUT2D eigenvalue weighted by Gasteiger charge is -2.18. The van der Waals surface area contributed by atoms with Crippen LogP contribution in [0.25, 0.3) is 0 Å². The highest BCUT2D eigenvalue weighted by atomic mass is 79.9. The zero-order valence-electron chi connectivity index (χ0n) is 15.4. The lowest BCUT2D eigenvalue weighted by atomic mass is 10.3. The maximum atomic E-state index is 13.8. The molecule has 0 aliphatic heterocycles. The first kappa shape index (κ1) is 29.1. The van der Waals surface area contributed by atoms with Crippen LogP contribution in [0.3, 0.4) is 0 Å². The van der Waals surface area contributed by atoms with E-state index in [1.165, 1.54) is 12.1 Å². The molecule has 0 aliphatic rings. The molecule has 4 nitrogen and oxygen atoms in total. The Labute approximate surface area is 248 Å². The molecule has 0 aliphatic carbocycles. The fourth-order valence-corrected chi connectivity index (χ4v) is 7.99. The summed E-state index contributed by atoms with van der Waals surface area (Å²) in [6, 6.07) is 6.55. The van der Waals surface area contributed by atoms with Crippen LogP contribution in [-0.2, 0) is 9.84 Å². The highest BCUT2D eigenvalue weighted by molar-refractivity contribution is 9.25.